The van der Waals surface area contributed by atoms with Crippen molar-refractivity contribution in [2.75, 3.05) is 18.0 Å². The summed E-state index contributed by atoms with van der Waals surface area (Å²) in [7, 11) is 0. The quantitative estimate of drug-likeness (QED) is 0.896. The first-order valence-electron chi connectivity index (χ1n) is 6.78. The Bertz CT molecular complexity index is 549. The Morgan fingerprint density at radius 3 is 3.00 bits per heavy atom. The van der Waals surface area contributed by atoms with Crippen molar-refractivity contribution >= 4 is 5.82 Å². The smallest absolute Gasteiger partial charge is 0.150 e. The summed E-state index contributed by atoms with van der Waals surface area (Å²) in [4.78, 5) is 19.0. The number of nitrogens with one attached hydrogen (secondary N) is 1. The Morgan fingerprint density at radius 2 is 2.21 bits per heavy atom. The summed E-state index contributed by atoms with van der Waals surface area (Å²) in [5.74, 6) is 2.57. The van der Waals surface area contributed by atoms with Crippen LogP contribution in [0.25, 0.3) is 0 Å². The molecule has 0 aliphatic carbocycles. The van der Waals surface area contributed by atoms with Gasteiger partial charge in [0.2, 0.25) is 0 Å². The van der Waals surface area contributed by atoms with Crippen LogP contribution in [-0.2, 0) is 0 Å². The first-order chi connectivity index (χ1) is 9.24. The summed E-state index contributed by atoms with van der Waals surface area (Å²) in [6, 6.07) is 0. The molecule has 3 heterocycles. The van der Waals surface area contributed by atoms with E-state index in [4.69, 9.17) is 0 Å². The van der Waals surface area contributed by atoms with E-state index < -0.39 is 0 Å². The minimum absolute atomic E-state index is 0.463. The SMILES string of the molecule is Cc1cnc(C)c(N2CCCC(c3ncc[nH]3)C2)n1. The molecule has 1 N–H and O–H groups in total. The molecule has 0 aromatic carbocycles. The van der Waals surface area contributed by atoms with Gasteiger partial charge in [-0.2, -0.15) is 0 Å². The van der Waals surface area contributed by atoms with E-state index >= 15 is 0 Å². The molecule has 5 heteroatoms. The highest BCUT2D eigenvalue weighted by Gasteiger charge is 2.25. The molecule has 0 radical (unpaired) electrons. The second-order valence-corrected chi connectivity index (χ2v) is 5.18. The van der Waals surface area contributed by atoms with Gasteiger partial charge in [-0.05, 0) is 26.7 Å². The van der Waals surface area contributed by atoms with Crippen LogP contribution in [0.1, 0.15) is 36.0 Å². The molecule has 100 valence electrons. The van der Waals surface area contributed by atoms with Crippen LogP contribution in [0.2, 0.25) is 0 Å². The van der Waals surface area contributed by atoms with Crippen molar-refractivity contribution < 1.29 is 0 Å². The maximum Gasteiger partial charge on any atom is 0.150 e. The number of aromatic amines is 1. The zero-order chi connectivity index (χ0) is 13.2. The maximum atomic E-state index is 4.64. The molecule has 0 bridgehead atoms. The Balaban J connectivity index is 1.83. The number of hydrogen-bond donors (Lipinski definition) is 1. The molecule has 19 heavy (non-hydrogen) atoms. The van der Waals surface area contributed by atoms with Gasteiger partial charge in [0.25, 0.3) is 0 Å². The van der Waals surface area contributed by atoms with Gasteiger partial charge in [-0.3, -0.25) is 4.98 Å². The Hall–Kier alpha value is -1.91. The lowest BCUT2D eigenvalue weighted by Crippen LogP contribution is -2.36. The van der Waals surface area contributed by atoms with Crippen LogP contribution in [-0.4, -0.2) is 33.0 Å². The Morgan fingerprint density at radius 1 is 1.32 bits per heavy atom. The summed E-state index contributed by atoms with van der Waals surface area (Å²) in [6.07, 6.45) is 7.90. The van der Waals surface area contributed by atoms with Crippen molar-refractivity contribution in [2.45, 2.75) is 32.6 Å². The minimum atomic E-state index is 0.463. The first-order valence-corrected chi connectivity index (χ1v) is 6.78. The number of anilines is 1. The molecule has 5 nitrogen and oxygen atoms in total. The predicted octanol–water partition coefficient (Wildman–Crippen LogP) is 2.20. The summed E-state index contributed by atoms with van der Waals surface area (Å²) < 4.78 is 0. The van der Waals surface area contributed by atoms with E-state index in [1.807, 2.05) is 32.4 Å². The van der Waals surface area contributed by atoms with Gasteiger partial charge < -0.3 is 9.88 Å². The minimum Gasteiger partial charge on any atom is -0.354 e. The molecule has 1 fully saturated rings. The predicted molar refractivity (Wildman–Crippen MR) is 74.3 cm³/mol. The van der Waals surface area contributed by atoms with Gasteiger partial charge in [0.1, 0.15) is 11.6 Å². The Labute approximate surface area is 113 Å². The average Bonchev–Trinajstić information content (AvgIpc) is 2.96. The lowest BCUT2D eigenvalue weighted by Gasteiger charge is -2.33. The molecule has 1 atom stereocenters. The van der Waals surface area contributed by atoms with Crippen molar-refractivity contribution in [1.29, 1.82) is 0 Å². The number of H-pyrrole nitrogens is 1. The normalized spacial score (nSPS) is 19.7. The molecular formula is C14H19N5. The summed E-state index contributed by atoms with van der Waals surface area (Å²) in [6.45, 7) is 6.03. The third kappa shape index (κ3) is 2.45. The van der Waals surface area contributed by atoms with E-state index in [-0.39, 0.29) is 0 Å². The second-order valence-electron chi connectivity index (χ2n) is 5.18. The number of rotatable bonds is 2. The van der Waals surface area contributed by atoms with Gasteiger partial charge in [0.05, 0.1) is 11.4 Å². The van der Waals surface area contributed by atoms with Crippen LogP contribution in [0.5, 0.6) is 0 Å². The molecule has 1 saturated heterocycles. The van der Waals surface area contributed by atoms with Gasteiger partial charge in [0, 0.05) is 37.6 Å². The van der Waals surface area contributed by atoms with E-state index in [0.717, 1.165) is 36.1 Å². The van der Waals surface area contributed by atoms with Crippen LogP contribution >= 0.6 is 0 Å². The van der Waals surface area contributed by atoms with E-state index in [0.29, 0.717) is 5.92 Å². The van der Waals surface area contributed by atoms with Crippen molar-refractivity contribution in [3.8, 4) is 0 Å². The molecular weight excluding hydrogens is 238 g/mol. The molecule has 3 rings (SSSR count). The van der Waals surface area contributed by atoms with E-state index in [1.54, 1.807) is 0 Å². The number of hydrogen-bond acceptors (Lipinski definition) is 4. The summed E-state index contributed by atoms with van der Waals surface area (Å²) in [5, 5.41) is 0. The van der Waals surface area contributed by atoms with Gasteiger partial charge in [0.15, 0.2) is 0 Å². The molecule has 0 spiro atoms. The molecule has 1 aliphatic heterocycles. The number of imidazole rings is 1. The zero-order valence-electron chi connectivity index (χ0n) is 11.4. The fourth-order valence-electron chi connectivity index (χ4n) is 2.72. The number of nitrogens with zero attached hydrogens (tertiary/aromatic N) is 4. The third-order valence-electron chi connectivity index (χ3n) is 3.68. The zero-order valence-corrected chi connectivity index (χ0v) is 11.4. The topological polar surface area (TPSA) is 57.7 Å². The third-order valence-corrected chi connectivity index (χ3v) is 3.68. The van der Waals surface area contributed by atoms with Crippen molar-refractivity contribution in [3.05, 3.63) is 35.8 Å². The molecule has 2 aromatic heterocycles. The van der Waals surface area contributed by atoms with Gasteiger partial charge >= 0.3 is 0 Å². The second kappa shape index (κ2) is 4.99. The molecule has 0 amide bonds. The fourth-order valence-corrected chi connectivity index (χ4v) is 2.72. The van der Waals surface area contributed by atoms with E-state index in [9.17, 15) is 0 Å². The number of aromatic nitrogens is 4. The van der Waals surface area contributed by atoms with Gasteiger partial charge in [-0.25, -0.2) is 9.97 Å². The van der Waals surface area contributed by atoms with E-state index in [1.165, 1.54) is 12.8 Å². The van der Waals surface area contributed by atoms with Gasteiger partial charge in [-0.1, -0.05) is 0 Å². The standard InChI is InChI=1S/C14H19N5/c1-10-8-17-11(2)14(18-10)19-7-3-4-12(9-19)13-15-5-6-16-13/h5-6,8,12H,3-4,7,9H2,1-2H3,(H,15,16). The molecule has 0 saturated carbocycles. The highest BCUT2D eigenvalue weighted by atomic mass is 15.2. The maximum absolute atomic E-state index is 4.64. The summed E-state index contributed by atoms with van der Waals surface area (Å²) in [5.41, 5.74) is 1.98. The number of piperidine rings is 1. The van der Waals surface area contributed by atoms with Gasteiger partial charge in [-0.15, -0.1) is 0 Å². The summed E-state index contributed by atoms with van der Waals surface area (Å²) >= 11 is 0. The van der Waals surface area contributed by atoms with Crippen molar-refractivity contribution in [3.63, 3.8) is 0 Å². The van der Waals surface area contributed by atoms with Crippen molar-refractivity contribution in [2.24, 2.45) is 0 Å². The van der Waals surface area contributed by atoms with E-state index in [2.05, 4.69) is 24.8 Å². The Kier molecular flexibility index (Phi) is 3.19. The largest absolute Gasteiger partial charge is 0.354 e. The monoisotopic (exact) mass is 257 g/mol. The molecule has 2 aromatic rings. The van der Waals surface area contributed by atoms with Crippen LogP contribution in [0, 0.1) is 13.8 Å². The molecule has 1 aliphatic rings. The highest BCUT2D eigenvalue weighted by molar-refractivity contribution is 5.44. The molecule has 1 unspecified atom stereocenters. The fraction of sp³-hybridized carbons (Fsp3) is 0.500. The van der Waals surface area contributed by atoms with Crippen LogP contribution < -0.4 is 4.90 Å². The average molecular weight is 257 g/mol. The van der Waals surface area contributed by atoms with Crippen LogP contribution in [0.3, 0.4) is 0 Å². The van der Waals surface area contributed by atoms with Crippen LogP contribution in [0.4, 0.5) is 5.82 Å². The lowest BCUT2D eigenvalue weighted by molar-refractivity contribution is 0.490. The lowest BCUT2D eigenvalue weighted by atomic mass is 9.97. The van der Waals surface area contributed by atoms with Crippen molar-refractivity contribution in [1.82, 2.24) is 19.9 Å². The first kappa shape index (κ1) is 12.1. The van der Waals surface area contributed by atoms with Crippen LogP contribution in [0.15, 0.2) is 18.6 Å². The number of aryl methyl sites for hydroxylation is 2. The highest BCUT2D eigenvalue weighted by Crippen LogP contribution is 2.28.